The van der Waals surface area contributed by atoms with Crippen LogP contribution in [0.15, 0.2) is 0 Å². The summed E-state index contributed by atoms with van der Waals surface area (Å²) in [6, 6.07) is 0. The topological polar surface area (TPSA) is 6.48 Å². The molecule has 0 saturated heterocycles. The molecule has 11 heavy (non-hydrogen) atoms. The van der Waals surface area contributed by atoms with Crippen LogP contribution >= 0.6 is 0 Å². The van der Waals surface area contributed by atoms with Crippen molar-refractivity contribution in [3.8, 4) is 0 Å². The van der Waals surface area contributed by atoms with Gasteiger partial charge in [-0.1, -0.05) is 0 Å². The predicted molar refractivity (Wildman–Crippen MR) is 37.1 cm³/mol. The van der Waals surface area contributed by atoms with E-state index in [4.69, 9.17) is 0 Å². The Bertz CT molecular complexity index is 54.5. The van der Waals surface area contributed by atoms with Crippen molar-refractivity contribution in [2.75, 3.05) is 41.3 Å². The number of likely N-dealkylation sites (N-methyl/N-ethyl adjacent to an activating group) is 2. The maximum absolute atomic E-state index is 2.18. The average molecular weight is 429 g/mol. The van der Waals surface area contributed by atoms with Gasteiger partial charge in [0.25, 0.3) is 0 Å². The Balaban J connectivity index is -0.0000000817. The van der Waals surface area contributed by atoms with Gasteiger partial charge in [0.1, 0.15) is 0 Å². The van der Waals surface area contributed by atoms with E-state index in [2.05, 4.69) is 38.0 Å². The molecule has 0 unspecified atom stereocenters. The fourth-order valence-corrected chi connectivity index (χ4v) is 0.400. The number of rotatable bonds is 3. The monoisotopic (exact) mass is 428 g/mol. The Kier molecular flexibility index (Phi) is 30.2. The Morgan fingerprint density at radius 1 is 0.727 bits per heavy atom. The molecule has 0 aromatic heterocycles. The Labute approximate surface area is 114 Å². The molecular formula is C6H16I2N2Ni. The van der Waals surface area contributed by atoms with Gasteiger partial charge in [-0.05, 0) is 28.2 Å². The maximum atomic E-state index is 2.18. The van der Waals surface area contributed by atoms with Crippen LogP contribution in [0.25, 0.3) is 0 Å². The smallest absolute Gasteiger partial charge is 1.00 e. The van der Waals surface area contributed by atoms with Crippen LogP contribution in [0, 0.1) is 0 Å². The zero-order valence-corrected chi connectivity index (χ0v) is 12.7. The van der Waals surface area contributed by atoms with E-state index in [1.165, 1.54) is 0 Å². The average Bonchev–Trinajstić information content (AvgIpc) is 1.61. The molecular weight excluding hydrogens is 413 g/mol. The van der Waals surface area contributed by atoms with Gasteiger partial charge >= 0.3 is 16.5 Å². The Morgan fingerprint density at radius 3 is 1.00 bits per heavy atom. The second-order valence-electron chi connectivity index (χ2n) is 2.61. The SMILES string of the molecule is CN(C)CCN(C)C.[I-].[I-].[Ni+2]. The summed E-state index contributed by atoms with van der Waals surface area (Å²) in [6.07, 6.45) is 0. The van der Waals surface area contributed by atoms with Crippen LogP contribution in [0.4, 0.5) is 0 Å². The summed E-state index contributed by atoms with van der Waals surface area (Å²) in [5, 5.41) is 0. The summed E-state index contributed by atoms with van der Waals surface area (Å²) < 4.78 is 0. The molecule has 0 aromatic carbocycles. The minimum atomic E-state index is 0. The van der Waals surface area contributed by atoms with Crippen LogP contribution in [0.3, 0.4) is 0 Å². The van der Waals surface area contributed by atoms with Crippen molar-refractivity contribution in [3.63, 3.8) is 0 Å². The second-order valence-corrected chi connectivity index (χ2v) is 2.61. The zero-order chi connectivity index (χ0) is 6.57. The van der Waals surface area contributed by atoms with Crippen LogP contribution in [-0.2, 0) is 16.5 Å². The Morgan fingerprint density at radius 2 is 0.909 bits per heavy atom. The van der Waals surface area contributed by atoms with Crippen molar-refractivity contribution in [1.29, 1.82) is 0 Å². The zero-order valence-electron chi connectivity index (χ0n) is 7.38. The summed E-state index contributed by atoms with van der Waals surface area (Å²) in [5.41, 5.74) is 0. The molecule has 0 spiro atoms. The molecule has 0 bridgehead atoms. The van der Waals surface area contributed by atoms with E-state index in [9.17, 15) is 0 Å². The van der Waals surface area contributed by atoms with Crippen LogP contribution in [0.5, 0.6) is 0 Å². The summed E-state index contributed by atoms with van der Waals surface area (Å²) in [5.74, 6) is 0. The van der Waals surface area contributed by atoms with E-state index in [1.54, 1.807) is 0 Å². The van der Waals surface area contributed by atoms with E-state index < -0.39 is 0 Å². The molecule has 0 radical (unpaired) electrons. The molecule has 0 heterocycles. The molecule has 0 aliphatic carbocycles. The first kappa shape index (κ1) is 23.0. The molecule has 0 N–H and O–H groups in total. The van der Waals surface area contributed by atoms with E-state index in [-0.39, 0.29) is 64.4 Å². The van der Waals surface area contributed by atoms with Gasteiger partial charge in [0, 0.05) is 13.1 Å². The van der Waals surface area contributed by atoms with Gasteiger partial charge in [0.05, 0.1) is 0 Å². The second kappa shape index (κ2) is 14.4. The number of hydrogen-bond donors (Lipinski definition) is 0. The van der Waals surface area contributed by atoms with Gasteiger partial charge in [0.15, 0.2) is 0 Å². The van der Waals surface area contributed by atoms with Crippen molar-refractivity contribution in [1.82, 2.24) is 9.80 Å². The standard InChI is InChI=1S/C6H16N2.2HI.Ni/c1-7(2)5-6-8(3)4;;;/h5-6H2,1-4H3;2*1H;/q;;;+2/p-2. The molecule has 74 valence electrons. The van der Waals surface area contributed by atoms with Crippen molar-refractivity contribution in [2.45, 2.75) is 0 Å². The first-order valence-corrected chi connectivity index (χ1v) is 2.92. The van der Waals surface area contributed by atoms with E-state index in [0.717, 1.165) is 13.1 Å². The van der Waals surface area contributed by atoms with Gasteiger partial charge in [-0.25, -0.2) is 0 Å². The molecule has 0 fully saturated rings. The van der Waals surface area contributed by atoms with Crippen LogP contribution < -0.4 is 48.0 Å². The molecule has 0 aliphatic heterocycles. The normalized spacial score (nSPS) is 8.18. The summed E-state index contributed by atoms with van der Waals surface area (Å²) in [4.78, 5) is 4.36. The third-order valence-electron chi connectivity index (χ3n) is 0.994. The first-order chi connectivity index (χ1) is 3.63. The fourth-order valence-electron chi connectivity index (χ4n) is 0.400. The minimum Gasteiger partial charge on any atom is -1.00 e. The molecule has 0 aliphatic rings. The number of nitrogens with zero attached hydrogens (tertiary/aromatic N) is 2. The van der Waals surface area contributed by atoms with Crippen LogP contribution in [0.2, 0.25) is 0 Å². The van der Waals surface area contributed by atoms with Gasteiger partial charge in [-0.2, -0.15) is 0 Å². The quantitative estimate of drug-likeness (QED) is 0.326. The molecule has 2 nitrogen and oxygen atoms in total. The molecule has 0 amide bonds. The van der Waals surface area contributed by atoms with Gasteiger partial charge in [-0.3, -0.25) is 0 Å². The van der Waals surface area contributed by atoms with Crippen LogP contribution in [-0.4, -0.2) is 51.1 Å². The van der Waals surface area contributed by atoms with Gasteiger partial charge in [-0.15, -0.1) is 0 Å². The van der Waals surface area contributed by atoms with E-state index >= 15 is 0 Å². The number of hydrogen-bond acceptors (Lipinski definition) is 2. The van der Waals surface area contributed by atoms with Crippen LogP contribution in [0.1, 0.15) is 0 Å². The first-order valence-electron chi connectivity index (χ1n) is 2.92. The maximum Gasteiger partial charge on any atom is 2.00 e. The van der Waals surface area contributed by atoms with Crippen molar-refractivity contribution in [3.05, 3.63) is 0 Å². The third kappa shape index (κ3) is 24.5. The molecule has 0 rings (SSSR count). The van der Waals surface area contributed by atoms with Gasteiger partial charge < -0.3 is 57.8 Å². The number of halogens is 2. The third-order valence-corrected chi connectivity index (χ3v) is 0.994. The summed E-state index contributed by atoms with van der Waals surface area (Å²) in [6.45, 7) is 2.29. The molecule has 5 heteroatoms. The van der Waals surface area contributed by atoms with E-state index in [1.807, 2.05) is 0 Å². The fraction of sp³-hybridized carbons (Fsp3) is 1.00. The van der Waals surface area contributed by atoms with Gasteiger partial charge in [0.2, 0.25) is 0 Å². The summed E-state index contributed by atoms with van der Waals surface area (Å²) in [7, 11) is 8.35. The Hall–Kier alpha value is 1.87. The largest absolute Gasteiger partial charge is 2.00 e. The van der Waals surface area contributed by atoms with Crippen molar-refractivity contribution < 1.29 is 64.4 Å². The predicted octanol–water partition coefficient (Wildman–Crippen LogP) is -5.88. The molecule has 0 saturated carbocycles. The molecule has 0 aromatic rings. The minimum absolute atomic E-state index is 0. The molecule has 0 atom stereocenters. The van der Waals surface area contributed by atoms with E-state index in [0.29, 0.717) is 0 Å². The summed E-state index contributed by atoms with van der Waals surface area (Å²) >= 11 is 0. The van der Waals surface area contributed by atoms with Crippen molar-refractivity contribution >= 4 is 0 Å². The van der Waals surface area contributed by atoms with Crippen molar-refractivity contribution in [2.24, 2.45) is 0 Å².